The summed E-state index contributed by atoms with van der Waals surface area (Å²) in [4.78, 5) is 4.72. The van der Waals surface area contributed by atoms with Gasteiger partial charge in [0.2, 0.25) is 11.7 Å². The van der Waals surface area contributed by atoms with Crippen LogP contribution in [0.15, 0.2) is 16.7 Å². The number of alkyl halides is 3. The van der Waals surface area contributed by atoms with E-state index in [1.165, 1.54) is 14.0 Å². The van der Waals surface area contributed by atoms with E-state index in [0.717, 1.165) is 4.90 Å². The first kappa shape index (κ1) is 17.3. The molecular formula is C13H11F6N3O. The molecule has 23 heavy (non-hydrogen) atoms. The molecule has 0 N–H and O–H groups in total. The first-order valence-electron chi connectivity index (χ1n) is 6.34. The molecule has 0 bridgehead atoms. The summed E-state index contributed by atoms with van der Waals surface area (Å²) in [6.45, 7) is 0.195. The molecule has 0 unspecified atom stereocenters. The van der Waals surface area contributed by atoms with Gasteiger partial charge in [-0.1, -0.05) is 5.16 Å². The van der Waals surface area contributed by atoms with E-state index < -0.39 is 36.2 Å². The van der Waals surface area contributed by atoms with Gasteiger partial charge >= 0.3 is 6.18 Å². The van der Waals surface area contributed by atoms with E-state index in [4.69, 9.17) is 4.52 Å². The van der Waals surface area contributed by atoms with E-state index >= 15 is 0 Å². The maximum Gasteiger partial charge on any atom is 0.401 e. The SMILES string of the molecule is C[C@H](c1nc(-c2cc(F)c(F)c(F)c2)no1)N(C)CC(F)(F)F. The van der Waals surface area contributed by atoms with Crippen molar-refractivity contribution >= 4 is 0 Å². The van der Waals surface area contributed by atoms with Gasteiger partial charge in [0.25, 0.3) is 0 Å². The Morgan fingerprint density at radius 2 is 1.74 bits per heavy atom. The van der Waals surface area contributed by atoms with Crippen molar-refractivity contribution in [2.75, 3.05) is 13.6 Å². The predicted molar refractivity (Wildman–Crippen MR) is 66.7 cm³/mol. The van der Waals surface area contributed by atoms with Crippen LogP contribution in [0, 0.1) is 17.5 Å². The molecule has 0 aliphatic heterocycles. The number of rotatable bonds is 4. The van der Waals surface area contributed by atoms with Crippen molar-refractivity contribution in [3.8, 4) is 11.4 Å². The third-order valence-electron chi connectivity index (χ3n) is 3.13. The average molecular weight is 339 g/mol. The van der Waals surface area contributed by atoms with Gasteiger partial charge in [0, 0.05) is 5.56 Å². The summed E-state index contributed by atoms with van der Waals surface area (Å²) >= 11 is 0. The molecule has 0 spiro atoms. The topological polar surface area (TPSA) is 42.2 Å². The Labute approximate surface area is 126 Å². The molecule has 126 valence electrons. The Morgan fingerprint density at radius 3 is 2.26 bits per heavy atom. The van der Waals surface area contributed by atoms with E-state index in [1.54, 1.807) is 0 Å². The van der Waals surface area contributed by atoms with Gasteiger partial charge in [-0.2, -0.15) is 18.2 Å². The van der Waals surface area contributed by atoms with Crippen LogP contribution < -0.4 is 0 Å². The van der Waals surface area contributed by atoms with Gasteiger partial charge in [-0.15, -0.1) is 0 Å². The highest BCUT2D eigenvalue weighted by Crippen LogP contribution is 2.26. The molecule has 0 saturated heterocycles. The van der Waals surface area contributed by atoms with Crippen molar-refractivity contribution in [2.45, 2.75) is 19.1 Å². The number of hydrogen-bond acceptors (Lipinski definition) is 4. The molecular weight excluding hydrogens is 328 g/mol. The Hall–Kier alpha value is -2.10. The van der Waals surface area contributed by atoms with Gasteiger partial charge < -0.3 is 4.52 Å². The van der Waals surface area contributed by atoms with Crippen molar-refractivity contribution in [3.63, 3.8) is 0 Å². The second kappa shape index (κ2) is 6.19. The maximum absolute atomic E-state index is 13.2. The first-order valence-corrected chi connectivity index (χ1v) is 6.34. The Kier molecular flexibility index (Phi) is 4.64. The summed E-state index contributed by atoms with van der Waals surface area (Å²) in [5, 5.41) is 3.45. The predicted octanol–water partition coefficient (Wildman–Crippen LogP) is 3.71. The molecule has 0 saturated carbocycles. The third kappa shape index (κ3) is 4.01. The molecule has 10 heteroatoms. The van der Waals surface area contributed by atoms with Crippen molar-refractivity contribution in [1.82, 2.24) is 15.0 Å². The second-order valence-electron chi connectivity index (χ2n) is 4.92. The molecule has 0 fully saturated rings. The van der Waals surface area contributed by atoms with Crippen LogP contribution in [0.3, 0.4) is 0 Å². The fourth-order valence-electron chi connectivity index (χ4n) is 1.82. The number of aromatic nitrogens is 2. The molecule has 4 nitrogen and oxygen atoms in total. The fourth-order valence-corrected chi connectivity index (χ4v) is 1.82. The van der Waals surface area contributed by atoms with Gasteiger partial charge in [0.05, 0.1) is 12.6 Å². The van der Waals surface area contributed by atoms with Crippen molar-refractivity contribution < 1.29 is 30.9 Å². The van der Waals surface area contributed by atoms with Crippen LogP contribution >= 0.6 is 0 Å². The summed E-state index contributed by atoms with van der Waals surface area (Å²) in [6, 6.07) is 0.446. The van der Waals surface area contributed by atoms with Crippen molar-refractivity contribution in [3.05, 3.63) is 35.5 Å². The molecule has 1 aromatic heterocycles. The van der Waals surface area contributed by atoms with E-state index in [-0.39, 0.29) is 17.3 Å². The highest BCUT2D eigenvalue weighted by atomic mass is 19.4. The molecule has 1 atom stereocenters. The third-order valence-corrected chi connectivity index (χ3v) is 3.13. The lowest BCUT2D eigenvalue weighted by atomic mass is 10.2. The number of hydrogen-bond donors (Lipinski definition) is 0. The minimum absolute atomic E-state index is 0.170. The highest BCUT2D eigenvalue weighted by molar-refractivity contribution is 5.54. The van der Waals surface area contributed by atoms with Gasteiger partial charge in [0.15, 0.2) is 17.5 Å². The van der Waals surface area contributed by atoms with E-state index in [9.17, 15) is 26.3 Å². The normalized spacial score (nSPS) is 13.6. The van der Waals surface area contributed by atoms with Gasteiger partial charge in [-0.3, -0.25) is 4.90 Å². The summed E-state index contributed by atoms with van der Waals surface area (Å²) in [5.41, 5.74) is -0.193. The number of halogens is 6. The monoisotopic (exact) mass is 339 g/mol. The molecule has 0 radical (unpaired) electrons. The first-order chi connectivity index (χ1) is 10.6. The molecule has 1 heterocycles. The maximum atomic E-state index is 13.2. The lowest BCUT2D eigenvalue weighted by Gasteiger charge is -2.22. The van der Waals surface area contributed by atoms with Crippen LogP contribution in [0.4, 0.5) is 26.3 Å². The van der Waals surface area contributed by atoms with Crippen LogP contribution in [-0.2, 0) is 0 Å². The van der Waals surface area contributed by atoms with E-state index in [0.29, 0.717) is 12.1 Å². The minimum atomic E-state index is -4.41. The second-order valence-corrected chi connectivity index (χ2v) is 4.92. The number of nitrogens with zero attached hydrogens (tertiary/aromatic N) is 3. The van der Waals surface area contributed by atoms with Crippen LogP contribution in [0.1, 0.15) is 18.9 Å². The Bertz CT molecular complexity index is 676. The quantitative estimate of drug-likeness (QED) is 0.629. The highest BCUT2D eigenvalue weighted by Gasteiger charge is 2.32. The summed E-state index contributed by atoms with van der Waals surface area (Å²) in [5.74, 6) is -4.94. The van der Waals surface area contributed by atoms with E-state index in [2.05, 4.69) is 10.1 Å². The molecule has 0 aliphatic rings. The van der Waals surface area contributed by atoms with Crippen LogP contribution in [0.25, 0.3) is 11.4 Å². The molecule has 1 aromatic carbocycles. The zero-order valence-electron chi connectivity index (χ0n) is 12.0. The zero-order chi connectivity index (χ0) is 17.4. The fraction of sp³-hybridized carbons (Fsp3) is 0.385. The molecule has 0 amide bonds. The molecule has 2 rings (SSSR count). The zero-order valence-corrected chi connectivity index (χ0v) is 12.0. The van der Waals surface area contributed by atoms with Crippen molar-refractivity contribution in [1.29, 1.82) is 0 Å². The standard InChI is InChI=1S/C13H11F6N3O/c1-6(22(2)5-13(17,18)19)12-20-11(21-23-12)7-3-8(14)10(16)9(15)4-7/h3-4,6H,5H2,1-2H3/t6-/m1/s1. The summed E-state index contributed by atoms with van der Waals surface area (Å²) < 4.78 is 81.1. The Balaban J connectivity index is 2.24. The Morgan fingerprint density at radius 1 is 1.17 bits per heavy atom. The lowest BCUT2D eigenvalue weighted by molar-refractivity contribution is -0.147. The molecule has 2 aromatic rings. The van der Waals surface area contributed by atoms with Gasteiger partial charge in [-0.05, 0) is 26.1 Å². The van der Waals surface area contributed by atoms with Crippen LogP contribution in [0.2, 0.25) is 0 Å². The van der Waals surface area contributed by atoms with Gasteiger partial charge in [0.1, 0.15) is 0 Å². The van der Waals surface area contributed by atoms with E-state index in [1.807, 2.05) is 0 Å². The number of benzene rings is 1. The summed E-state index contributed by atoms with van der Waals surface area (Å²) in [6.07, 6.45) is -4.41. The average Bonchev–Trinajstić information content (AvgIpc) is 2.91. The largest absolute Gasteiger partial charge is 0.401 e. The van der Waals surface area contributed by atoms with Gasteiger partial charge in [-0.25, -0.2) is 13.2 Å². The van der Waals surface area contributed by atoms with Crippen LogP contribution in [-0.4, -0.2) is 34.8 Å². The summed E-state index contributed by atoms with van der Waals surface area (Å²) in [7, 11) is 1.21. The van der Waals surface area contributed by atoms with Crippen LogP contribution in [0.5, 0.6) is 0 Å². The minimum Gasteiger partial charge on any atom is -0.337 e. The molecule has 0 aliphatic carbocycles. The van der Waals surface area contributed by atoms with Crippen molar-refractivity contribution in [2.24, 2.45) is 0 Å². The smallest absolute Gasteiger partial charge is 0.337 e. The lowest BCUT2D eigenvalue weighted by Crippen LogP contribution is -2.33.